The second-order valence-corrected chi connectivity index (χ2v) is 4.78. The Morgan fingerprint density at radius 1 is 1.05 bits per heavy atom. The summed E-state index contributed by atoms with van der Waals surface area (Å²) in [5.41, 5.74) is 0. The maximum Gasteiger partial charge on any atom is 0.256 e. The van der Waals surface area contributed by atoms with E-state index in [-0.39, 0.29) is 5.28 Å². The smallest absolute Gasteiger partial charge is 0.256 e. The Hall–Kier alpha value is -1.73. The highest BCUT2D eigenvalue weighted by Crippen LogP contribution is 2.14. The molecule has 3 rings (SSSR count). The molecule has 8 heteroatoms. The Labute approximate surface area is 115 Å². The molecule has 19 heavy (non-hydrogen) atoms. The zero-order valence-corrected chi connectivity index (χ0v) is 11.3. The normalized spacial score (nSPS) is 16.8. The zero-order valence-electron chi connectivity index (χ0n) is 10.6. The van der Waals surface area contributed by atoms with Gasteiger partial charge in [-0.1, -0.05) is 0 Å². The van der Waals surface area contributed by atoms with Crippen LogP contribution in [0.25, 0.3) is 5.95 Å². The standard InChI is InChI=1S/C11H14ClN7/c1-17-5-7-18(8-6-17)10-14-9(12)15-11(16-10)19-4-2-3-13-19/h2-4H,5-8H2,1H3. The minimum absolute atomic E-state index is 0.189. The van der Waals surface area contributed by atoms with Gasteiger partial charge in [0.1, 0.15) is 0 Å². The van der Waals surface area contributed by atoms with Crippen molar-refractivity contribution in [2.24, 2.45) is 0 Å². The van der Waals surface area contributed by atoms with Gasteiger partial charge in [0, 0.05) is 38.6 Å². The van der Waals surface area contributed by atoms with Gasteiger partial charge in [-0.25, -0.2) is 4.68 Å². The molecule has 3 heterocycles. The molecule has 7 nitrogen and oxygen atoms in total. The predicted octanol–water partition coefficient (Wildman–Crippen LogP) is 0.462. The summed E-state index contributed by atoms with van der Waals surface area (Å²) in [5.74, 6) is 1.05. The molecule has 1 aliphatic heterocycles. The number of hydrogen-bond acceptors (Lipinski definition) is 6. The minimum Gasteiger partial charge on any atom is -0.338 e. The van der Waals surface area contributed by atoms with Gasteiger partial charge in [-0.05, 0) is 24.7 Å². The second-order valence-electron chi connectivity index (χ2n) is 4.45. The molecule has 0 bridgehead atoms. The number of nitrogens with zero attached hydrogens (tertiary/aromatic N) is 7. The molecule has 0 unspecified atom stereocenters. The Morgan fingerprint density at radius 2 is 1.79 bits per heavy atom. The van der Waals surface area contributed by atoms with Crippen molar-refractivity contribution < 1.29 is 0 Å². The van der Waals surface area contributed by atoms with Gasteiger partial charge in [0.05, 0.1) is 0 Å². The van der Waals surface area contributed by atoms with Crippen molar-refractivity contribution in [2.45, 2.75) is 0 Å². The van der Waals surface area contributed by atoms with Crippen molar-refractivity contribution >= 4 is 17.5 Å². The largest absolute Gasteiger partial charge is 0.338 e. The summed E-state index contributed by atoms with van der Waals surface area (Å²) < 4.78 is 1.58. The second kappa shape index (κ2) is 5.10. The van der Waals surface area contributed by atoms with Crippen molar-refractivity contribution in [1.82, 2.24) is 29.6 Å². The average Bonchev–Trinajstić information content (AvgIpc) is 2.93. The number of aromatic nitrogens is 5. The monoisotopic (exact) mass is 279 g/mol. The van der Waals surface area contributed by atoms with E-state index in [1.165, 1.54) is 0 Å². The number of halogens is 1. The molecule has 0 spiro atoms. The molecular formula is C11H14ClN7. The van der Waals surface area contributed by atoms with Crippen molar-refractivity contribution in [3.8, 4) is 5.95 Å². The van der Waals surface area contributed by atoms with Crippen LogP contribution in [-0.2, 0) is 0 Å². The fourth-order valence-corrected chi connectivity index (χ4v) is 2.12. The molecule has 1 fully saturated rings. The number of hydrogen-bond donors (Lipinski definition) is 0. The first-order valence-corrected chi connectivity index (χ1v) is 6.45. The van der Waals surface area contributed by atoms with Crippen LogP contribution in [0.3, 0.4) is 0 Å². The molecule has 0 aliphatic carbocycles. The van der Waals surface area contributed by atoms with Crippen LogP contribution >= 0.6 is 11.6 Å². The highest BCUT2D eigenvalue weighted by Gasteiger charge is 2.18. The van der Waals surface area contributed by atoms with E-state index >= 15 is 0 Å². The van der Waals surface area contributed by atoms with Crippen LogP contribution < -0.4 is 4.90 Å². The number of piperazine rings is 1. The predicted molar refractivity (Wildman–Crippen MR) is 71.7 cm³/mol. The third-order valence-electron chi connectivity index (χ3n) is 3.08. The third-order valence-corrected chi connectivity index (χ3v) is 3.25. The van der Waals surface area contributed by atoms with Gasteiger partial charge in [-0.3, -0.25) is 0 Å². The van der Waals surface area contributed by atoms with Crippen LogP contribution in [0.15, 0.2) is 18.5 Å². The Bertz CT molecular complexity index is 548. The topological polar surface area (TPSA) is 63.0 Å². The van der Waals surface area contributed by atoms with Gasteiger partial charge < -0.3 is 9.80 Å². The van der Waals surface area contributed by atoms with Gasteiger partial charge in [0.2, 0.25) is 11.2 Å². The molecule has 0 N–H and O–H groups in total. The van der Waals surface area contributed by atoms with Gasteiger partial charge in [-0.15, -0.1) is 0 Å². The quantitative estimate of drug-likeness (QED) is 0.796. The third kappa shape index (κ3) is 2.66. The molecule has 1 aliphatic rings. The lowest BCUT2D eigenvalue weighted by Gasteiger charge is -2.32. The zero-order chi connectivity index (χ0) is 13.2. The molecule has 100 valence electrons. The summed E-state index contributed by atoms with van der Waals surface area (Å²) in [7, 11) is 2.10. The lowest BCUT2D eigenvalue weighted by Crippen LogP contribution is -2.45. The molecular weight excluding hydrogens is 266 g/mol. The number of anilines is 1. The van der Waals surface area contributed by atoms with Crippen LogP contribution in [0.1, 0.15) is 0 Å². The summed E-state index contributed by atoms with van der Waals surface area (Å²) in [6.45, 7) is 3.74. The SMILES string of the molecule is CN1CCN(c2nc(Cl)nc(-n3cccn3)n2)CC1. The molecule has 0 aromatic carbocycles. The fourth-order valence-electron chi connectivity index (χ4n) is 1.97. The van der Waals surface area contributed by atoms with Crippen molar-refractivity contribution in [2.75, 3.05) is 38.1 Å². The van der Waals surface area contributed by atoms with Crippen LogP contribution in [0.4, 0.5) is 5.95 Å². The number of rotatable bonds is 2. The Kier molecular flexibility index (Phi) is 3.31. The molecule has 2 aromatic rings. The summed E-state index contributed by atoms with van der Waals surface area (Å²) in [5, 5.41) is 4.29. The van der Waals surface area contributed by atoms with Crippen LogP contribution in [-0.4, -0.2) is 62.9 Å². The maximum absolute atomic E-state index is 5.97. The van der Waals surface area contributed by atoms with Crippen molar-refractivity contribution in [1.29, 1.82) is 0 Å². The summed E-state index contributed by atoms with van der Waals surface area (Å²) in [6, 6.07) is 1.81. The Morgan fingerprint density at radius 3 is 2.47 bits per heavy atom. The molecule has 2 aromatic heterocycles. The first-order chi connectivity index (χ1) is 9.22. The summed E-state index contributed by atoms with van der Waals surface area (Å²) in [6.07, 6.45) is 3.45. The van der Waals surface area contributed by atoms with Gasteiger partial charge in [0.15, 0.2) is 0 Å². The fraction of sp³-hybridized carbons (Fsp3) is 0.455. The van der Waals surface area contributed by atoms with E-state index in [2.05, 4.69) is 36.9 Å². The van der Waals surface area contributed by atoms with Crippen molar-refractivity contribution in [3.63, 3.8) is 0 Å². The minimum atomic E-state index is 0.189. The van der Waals surface area contributed by atoms with E-state index < -0.39 is 0 Å². The molecule has 0 amide bonds. The Balaban J connectivity index is 1.90. The highest BCUT2D eigenvalue weighted by molar-refractivity contribution is 6.28. The van der Waals surface area contributed by atoms with E-state index in [0.717, 1.165) is 26.2 Å². The van der Waals surface area contributed by atoms with Crippen LogP contribution in [0.2, 0.25) is 5.28 Å². The molecule has 0 saturated carbocycles. The maximum atomic E-state index is 5.97. The van der Waals surface area contributed by atoms with Crippen LogP contribution in [0, 0.1) is 0 Å². The first kappa shape index (κ1) is 12.3. The van der Waals surface area contributed by atoms with Gasteiger partial charge >= 0.3 is 0 Å². The van der Waals surface area contributed by atoms with Crippen LogP contribution in [0.5, 0.6) is 0 Å². The summed E-state index contributed by atoms with van der Waals surface area (Å²) in [4.78, 5) is 17.1. The lowest BCUT2D eigenvalue weighted by molar-refractivity contribution is 0.311. The van der Waals surface area contributed by atoms with E-state index in [1.54, 1.807) is 17.1 Å². The first-order valence-electron chi connectivity index (χ1n) is 6.07. The van der Waals surface area contributed by atoms with Gasteiger partial charge in [-0.2, -0.15) is 20.1 Å². The summed E-state index contributed by atoms with van der Waals surface area (Å²) >= 11 is 5.97. The molecule has 1 saturated heterocycles. The lowest BCUT2D eigenvalue weighted by atomic mass is 10.3. The van der Waals surface area contributed by atoms with Crippen molar-refractivity contribution in [3.05, 3.63) is 23.7 Å². The number of likely N-dealkylation sites (N-methyl/N-ethyl adjacent to an activating group) is 1. The highest BCUT2D eigenvalue weighted by atomic mass is 35.5. The van der Waals surface area contributed by atoms with E-state index in [4.69, 9.17) is 11.6 Å². The average molecular weight is 280 g/mol. The van der Waals surface area contributed by atoms with E-state index in [1.807, 2.05) is 6.07 Å². The van der Waals surface area contributed by atoms with E-state index in [9.17, 15) is 0 Å². The van der Waals surface area contributed by atoms with E-state index in [0.29, 0.717) is 11.9 Å². The van der Waals surface area contributed by atoms with Gasteiger partial charge in [0.25, 0.3) is 5.95 Å². The molecule has 0 atom stereocenters. The molecule has 0 radical (unpaired) electrons.